The fourth-order valence-electron chi connectivity index (χ4n) is 3.82. The van der Waals surface area contributed by atoms with Crippen LogP contribution in [-0.4, -0.2) is 35.8 Å². The van der Waals surface area contributed by atoms with Crippen LogP contribution < -0.4 is 9.62 Å². The third-order valence-electron chi connectivity index (χ3n) is 5.46. The maximum atomic E-state index is 15.8. The van der Waals surface area contributed by atoms with Crippen LogP contribution in [0.25, 0.3) is 21.8 Å². The average Bonchev–Trinajstić information content (AvgIpc) is 3.46. The Hall–Kier alpha value is -3.55. The maximum Gasteiger partial charge on any atom is 0.267 e. The number of aromatic nitrogens is 3. The first-order chi connectivity index (χ1) is 17.7. The second-order valence-electron chi connectivity index (χ2n) is 7.86. The third kappa shape index (κ3) is 4.77. The first-order valence-electron chi connectivity index (χ1n) is 10.7. The second kappa shape index (κ2) is 9.72. The third-order valence-corrected chi connectivity index (χ3v) is 8.16. The van der Waals surface area contributed by atoms with Gasteiger partial charge in [0.05, 0.1) is 22.0 Å². The molecule has 1 aliphatic heterocycles. The van der Waals surface area contributed by atoms with Crippen molar-refractivity contribution in [3.05, 3.63) is 71.4 Å². The van der Waals surface area contributed by atoms with Gasteiger partial charge < -0.3 is 0 Å². The molecule has 1 saturated heterocycles. The molecule has 0 unspecified atom stereocenters. The molecule has 0 radical (unpaired) electrons. The number of nitrogens with one attached hydrogen (secondary N) is 1. The van der Waals surface area contributed by atoms with Crippen molar-refractivity contribution in [2.45, 2.75) is 17.7 Å². The Kier molecular flexibility index (Phi) is 6.60. The summed E-state index contributed by atoms with van der Waals surface area (Å²) in [7, 11) is -4.83. The van der Waals surface area contributed by atoms with Crippen molar-refractivity contribution in [1.29, 1.82) is 0 Å². The summed E-state index contributed by atoms with van der Waals surface area (Å²) in [4.78, 5) is 25.4. The zero-order valence-corrected chi connectivity index (χ0v) is 21.0. The van der Waals surface area contributed by atoms with E-state index in [9.17, 15) is 22.0 Å². The molecule has 1 amide bonds. The molecule has 1 aliphatic rings. The fraction of sp³-hybridized carbons (Fsp3) is 0.130. The number of carbonyl (C=O) groups is 1. The van der Waals surface area contributed by atoms with Crippen LogP contribution in [0.5, 0.6) is 0 Å². The molecular formula is C23H15ClF3N5O3S2. The average molecular weight is 566 g/mol. The Morgan fingerprint density at radius 1 is 1.03 bits per heavy atom. The van der Waals surface area contributed by atoms with E-state index in [-0.39, 0.29) is 22.4 Å². The molecule has 5 rings (SSSR count). The summed E-state index contributed by atoms with van der Waals surface area (Å²) in [6.45, 7) is 0.437. The van der Waals surface area contributed by atoms with Crippen molar-refractivity contribution < 1.29 is 26.4 Å². The highest BCUT2D eigenvalue weighted by atomic mass is 35.5. The number of nitrogens with zero attached hydrogens (tertiary/aromatic N) is 4. The minimum absolute atomic E-state index is 0.0652. The van der Waals surface area contributed by atoms with Gasteiger partial charge in [-0.2, -0.15) is 0 Å². The Bertz CT molecular complexity index is 1630. The molecule has 0 saturated carbocycles. The number of hydrogen-bond donors (Lipinski definition) is 1. The van der Waals surface area contributed by atoms with Gasteiger partial charge in [-0.05, 0) is 48.4 Å². The summed E-state index contributed by atoms with van der Waals surface area (Å²) >= 11 is 7.03. The van der Waals surface area contributed by atoms with E-state index in [1.54, 1.807) is 0 Å². The van der Waals surface area contributed by atoms with Gasteiger partial charge in [-0.1, -0.05) is 23.5 Å². The quantitative estimate of drug-likeness (QED) is 0.320. The van der Waals surface area contributed by atoms with Gasteiger partial charge in [-0.15, -0.1) is 0 Å². The molecule has 1 fully saturated rings. The van der Waals surface area contributed by atoms with Gasteiger partial charge in [0, 0.05) is 24.7 Å². The van der Waals surface area contributed by atoms with E-state index >= 15 is 4.39 Å². The smallest absolute Gasteiger partial charge is 0.267 e. The molecule has 0 aliphatic carbocycles. The van der Waals surface area contributed by atoms with Crippen molar-refractivity contribution in [2.24, 2.45) is 0 Å². The van der Waals surface area contributed by atoms with Gasteiger partial charge in [0.25, 0.3) is 10.0 Å². The summed E-state index contributed by atoms with van der Waals surface area (Å²) < 4.78 is 71.4. The number of sulfonamides is 1. The number of hydrogen-bond acceptors (Lipinski definition) is 7. The fourth-order valence-corrected chi connectivity index (χ4v) is 6.26. The van der Waals surface area contributed by atoms with Crippen molar-refractivity contribution in [1.82, 2.24) is 15.0 Å². The van der Waals surface area contributed by atoms with E-state index in [1.807, 2.05) is 4.72 Å². The lowest BCUT2D eigenvalue weighted by molar-refractivity contribution is -0.117. The van der Waals surface area contributed by atoms with Crippen LogP contribution in [0.1, 0.15) is 12.8 Å². The van der Waals surface area contributed by atoms with Gasteiger partial charge >= 0.3 is 0 Å². The van der Waals surface area contributed by atoms with Crippen LogP contribution >= 0.6 is 22.9 Å². The van der Waals surface area contributed by atoms with E-state index in [4.69, 9.17) is 11.6 Å². The zero-order chi connectivity index (χ0) is 26.3. The highest BCUT2D eigenvalue weighted by Crippen LogP contribution is 2.42. The molecule has 8 nitrogen and oxygen atoms in total. The Balaban J connectivity index is 1.62. The number of anilines is 2. The second-order valence-corrected chi connectivity index (χ2v) is 10.8. The number of halogens is 4. The maximum absolute atomic E-state index is 15.8. The molecular weight excluding hydrogens is 551 g/mol. The van der Waals surface area contributed by atoms with Gasteiger partial charge in [-0.25, -0.2) is 36.5 Å². The first-order valence-corrected chi connectivity index (χ1v) is 13.4. The summed E-state index contributed by atoms with van der Waals surface area (Å²) in [5, 5.41) is 0.241. The van der Waals surface area contributed by atoms with Crippen LogP contribution in [-0.2, 0) is 14.8 Å². The van der Waals surface area contributed by atoms with E-state index in [1.165, 1.54) is 29.3 Å². The molecule has 37 heavy (non-hydrogen) atoms. The van der Waals surface area contributed by atoms with Crippen LogP contribution in [0.3, 0.4) is 0 Å². The molecule has 2 aromatic carbocycles. The molecule has 14 heteroatoms. The molecule has 0 bridgehead atoms. The molecule has 3 heterocycles. The number of amides is 1. The predicted molar refractivity (Wildman–Crippen MR) is 132 cm³/mol. The Morgan fingerprint density at radius 2 is 1.76 bits per heavy atom. The minimum Gasteiger partial charge on any atom is -0.288 e. The van der Waals surface area contributed by atoms with Gasteiger partial charge in [0.15, 0.2) is 15.8 Å². The zero-order valence-electron chi connectivity index (χ0n) is 18.6. The summed E-state index contributed by atoms with van der Waals surface area (Å²) in [5.74, 6) is -3.84. The van der Waals surface area contributed by atoms with Crippen molar-refractivity contribution in [3.8, 4) is 21.8 Å². The van der Waals surface area contributed by atoms with E-state index in [2.05, 4.69) is 15.0 Å². The lowest BCUT2D eigenvalue weighted by Crippen LogP contribution is -2.23. The van der Waals surface area contributed by atoms with Gasteiger partial charge in [-0.3, -0.25) is 14.4 Å². The largest absolute Gasteiger partial charge is 0.288 e. The van der Waals surface area contributed by atoms with Crippen LogP contribution in [0.2, 0.25) is 5.28 Å². The Morgan fingerprint density at radius 3 is 2.43 bits per heavy atom. The molecule has 4 aromatic rings. The first kappa shape index (κ1) is 25.1. The lowest BCUT2D eigenvalue weighted by atomic mass is 10.1. The van der Waals surface area contributed by atoms with Gasteiger partial charge in [0.2, 0.25) is 11.2 Å². The SMILES string of the molecule is O=C1CCCN1c1nc(-c2cccc(NS(=O)(=O)c3c(F)cccc3F)c2F)c(-c2ccnc(Cl)n2)s1. The standard InChI is InChI=1S/C23H15ClF3N5O3S2/c24-22-28-10-9-16(29-22)20-19(30-23(36-20)32-11-3-8-17(32)33)12-4-1-7-15(18(12)27)31-37(34,35)21-13(25)5-2-6-14(21)26/h1-2,4-7,9-10,31H,3,8,11H2. The molecule has 2 aromatic heterocycles. The van der Waals surface area contributed by atoms with Crippen molar-refractivity contribution >= 4 is 49.7 Å². The summed E-state index contributed by atoms with van der Waals surface area (Å²) in [6, 6.07) is 7.91. The molecule has 0 atom stereocenters. The molecule has 0 spiro atoms. The van der Waals surface area contributed by atoms with Gasteiger partial charge in [0.1, 0.15) is 11.6 Å². The van der Waals surface area contributed by atoms with Crippen molar-refractivity contribution in [2.75, 3.05) is 16.2 Å². The number of rotatable bonds is 6. The summed E-state index contributed by atoms with van der Waals surface area (Å²) in [6.07, 6.45) is 2.39. The Labute approximate surface area is 217 Å². The number of benzene rings is 2. The lowest BCUT2D eigenvalue weighted by Gasteiger charge is -2.12. The number of thiazole rings is 1. The predicted octanol–water partition coefficient (Wildman–Crippen LogP) is 5.27. The highest BCUT2D eigenvalue weighted by Gasteiger charge is 2.30. The number of carbonyl (C=O) groups excluding carboxylic acids is 1. The van der Waals surface area contributed by atoms with E-state index in [0.29, 0.717) is 35.1 Å². The molecule has 190 valence electrons. The van der Waals surface area contributed by atoms with E-state index in [0.717, 1.165) is 35.6 Å². The topological polar surface area (TPSA) is 105 Å². The minimum atomic E-state index is -4.83. The van der Waals surface area contributed by atoms with Crippen LogP contribution in [0.4, 0.5) is 24.0 Å². The van der Waals surface area contributed by atoms with Crippen LogP contribution in [0.15, 0.2) is 53.6 Å². The summed E-state index contributed by atoms with van der Waals surface area (Å²) in [5.41, 5.74) is -0.305. The monoisotopic (exact) mass is 565 g/mol. The molecule has 1 N–H and O–H groups in total. The van der Waals surface area contributed by atoms with E-state index < -0.39 is 38.1 Å². The van der Waals surface area contributed by atoms with Crippen molar-refractivity contribution in [3.63, 3.8) is 0 Å². The van der Waals surface area contributed by atoms with Crippen LogP contribution in [0, 0.1) is 17.5 Å². The highest BCUT2D eigenvalue weighted by molar-refractivity contribution is 7.92. The normalized spacial score (nSPS) is 13.8.